The first-order valence-electron chi connectivity index (χ1n) is 22.5. The standard InChI is InChI=1S/C50H49ClFN7O9/c1-27-41(28(2)55(4)54-27)43-36(51)16-15-34-33(10-7-25-67-38-11-5-8-30-26-31(52)13-14-32(30)38)45(50(65)66)58(44(34)43)24-21-56-19-22-57(23-20-56)47(62)29(3)68-39-12-6-9-35-42(39)49(64)59(48(35)63)37-17-18-40(60)53-46(37)61/h5-6,8-9,11-16,26,29,37H,7,10,17-25H2,1-4H3,(H,65,66)(H,53,60,61)/t29?,37-/m1/s1. The van der Waals surface area contributed by atoms with Gasteiger partial charge in [0.1, 0.15) is 29.1 Å². The van der Waals surface area contributed by atoms with Crippen LogP contribution in [0.2, 0.25) is 5.02 Å². The average molecular weight is 946 g/mol. The van der Waals surface area contributed by atoms with Gasteiger partial charge in [0.05, 0.1) is 34.0 Å². The highest BCUT2D eigenvalue weighted by atomic mass is 35.5. The third-order valence-corrected chi connectivity index (χ3v) is 13.6. The zero-order valence-corrected chi connectivity index (χ0v) is 38.7. The number of aryl methyl sites for hydroxylation is 3. The predicted octanol–water partition coefficient (Wildman–Crippen LogP) is 6.33. The first-order chi connectivity index (χ1) is 32.6. The number of piperidine rings is 1. The van der Waals surface area contributed by atoms with Crippen molar-refractivity contribution in [3.8, 4) is 22.6 Å². The first kappa shape index (κ1) is 46.0. The molecule has 18 heteroatoms. The van der Waals surface area contributed by atoms with Crippen LogP contribution in [-0.2, 0) is 34.4 Å². The number of nitrogens with zero attached hydrogens (tertiary/aromatic N) is 6. The number of imide groups is 2. The van der Waals surface area contributed by atoms with Crippen LogP contribution in [0.25, 0.3) is 32.8 Å². The third kappa shape index (κ3) is 8.33. The van der Waals surface area contributed by atoms with Crippen LogP contribution in [0.4, 0.5) is 4.39 Å². The van der Waals surface area contributed by atoms with E-state index in [2.05, 4.69) is 15.3 Å². The summed E-state index contributed by atoms with van der Waals surface area (Å²) in [6.45, 7) is 8.11. The van der Waals surface area contributed by atoms with Crippen molar-refractivity contribution in [2.45, 2.75) is 65.1 Å². The number of carbonyl (C=O) groups is 6. The van der Waals surface area contributed by atoms with Gasteiger partial charge in [0.2, 0.25) is 11.8 Å². The molecule has 2 saturated heterocycles. The van der Waals surface area contributed by atoms with E-state index in [0.717, 1.165) is 32.6 Å². The Morgan fingerprint density at radius 2 is 1.65 bits per heavy atom. The minimum atomic E-state index is -1.14. The van der Waals surface area contributed by atoms with Gasteiger partial charge in [0.25, 0.3) is 17.7 Å². The van der Waals surface area contributed by atoms with Gasteiger partial charge in [-0.05, 0) is 93.4 Å². The number of hydrogen-bond acceptors (Lipinski definition) is 10. The second kappa shape index (κ2) is 18.5. The molecule has 0 spiro atoms. The number of halogens is 2. The van der Waals surface area contributed by atoms with Gasteiger partial charge >= 0.3 is 5.97 Å². The quantitative estimate of drug-likeness (QED) is 0.0919. The molecule has 5 heterocycles. The Labute approximate surface area is 395 Å². The van der Waals surface area contributed by atoms with E-state index in [-0.39, 0.29) is 53.7 Å². The predicted molar refractivity (Wildman–Crippen MR) is 250 cm³/mol. The van der Waals surface area contributed by atoms with Crippen LogP contribution in [0, 0.1) is 19.7 Å². The van der Waals surface area contributed by atoms with Crippen LogP contribution in [0.3, 0.4) is 0 Å². The number of rotatable bonds is 14. The lowest BCUT2D eigenvalue weighted by Crippen LogP contribution is -2.54. The molecule has 352 valence electrons. The number of carbonyl (C=O) groups excluding carboxylic acids is 5. The van der Waals surface area contributed by atoms with Gasteiger partial charge in [-0.25, -0.2) is 9.18 Å². The van der Waals surface area contributed by atoms with Gasteiger partial charge in [0, 0.05) is 80.3 Å². The van der Waals surface area contributed by atoms with E-state index in [1.54, 1.807) is 40.8 Å². The summed E-state index contributed by atoms with van der Waals surface area (Å²) in [4.78, 5) is 83.3. The third-order valence-electron chi connectivity index (χ3n) is 13.3. The maximum Gasteiger partial charge on any atom is 0.352 e. The number of hydrogen-bond donors (Lipinski definition) is 2. The Kier molecular flexibility index (Phi) is 12.5. The Morgan fingerprint density at radius 1 is 0.912 bits per heavy atom. The summed E-state index contributed by atoms with van der Waals surface area (Å²) in [5, 5.41) is 20.5. The number of piperazine rings is 1. The minimum absolute atomic E-state index is 0.00675. The monoisotopic (exact) mass is 945 g/mol. The van der Waals surface area contributed by atoms with Gasteiger partial charge in [-0.2, -0.15) is 5.10 Å². The lowest BCUT2D eigenvalue weighted by atomic mass is 9.98. The molecule has 5 amide bonds. The molecule has 3 aliphatic rings. The molecule has 68 heavy (non-hydrogen) atoms. The maximum absolute atomic E-state index is 14.0. The van der Waals surface area contributed by atoms with Crippen molar-refractivity contribution in [1.29, 1.82) is 0 Å². The highest BCUT2D eigenvalue weighted by Gasteiger charge is 2.46. The highest BCUT2D eigenvalue weighted by molar-refractivity contribution is 6.35. The summed E-state index contributed by atoms with van der Waals surface area (Å²) in [5.41, 5.74) is 4.64. The fourth-order valence-electron chi connectivity index (χ4n) is 9.88. The lowest BCUT2D eigenvalue weighted by molar-refractivity contribution is -0.140. The summed E-state index contributed by atoms with van der Waals surface area (Å²) >= 11 is 7.06. The highest BCUT2D eigenvalue weighted by Crippen LogP contribution is 2.42. The smallest absolute Gasteiger partial charge is 0.352 e. The minimum Gasteiger partial charge on any atom is -0.493 e. The topological polar surface area (TPSA) is 186 Å². The van der Waals surface area contributed by atoms with Crippen molar-refractivity contribution in [3.05, 3.63) is 111 Å². The van der Waals surface area contributed by atoms with Crippen LogP contribution in [0.1, 0.15) is 74.3 Å². The summed E-state index contributed by atoms with van der Waals surface area (Å²) < 4.78 is 29.9. The lowest BCUT2D eigenvalue weighted by Gasteiger charge is -2.36. The molecule has 2 atom stereocenters. The molecule has 6 aromatic rings. The van der Waals surface area contributed by atoms with E-state index in [4.69, 9.17) is 21.1 Å². The zero-order valence-electron chi connectivity index (χ0n) is 37.9. The maximum atomic E-state index is 14.0. The molecule has 0 aliphatic carbocycles. The largest absolute Gasteiger partial charge is 0.493 e. The van der Waals surface area contributed by atoms with E-state index >= 15 is 0 Å². The zero-order chi connectivity index (χ0) is 48.1. The van der Waals surface area contributed by atoms with Crippen LogP contribution in [0.5, 0.6) is 11.5 Å². The molecule has 3 aliphatic heterocycles. The van der Waals surface area contributed by atoms with Gasteiger partial charge < -0.3 is 24.0 Å². The van der Waals surface area contributed by atoms with Crippen LogP contribution < -0.4 is 14.8 Å². The van der Waals surface area contributed by atoms with E-state index in [0.29, 0.717) is 84.9 Å². The fourth-order valence-corrected chi connectivity index (χ4v) is 10.1. The van der Waals surface area contributed by atoms with E-state index < -0.39 is 41.7 Å². The van der Waals surface area contributed by atoms with Crippen molar-refractivity contribution in [2.75, 3.05) is 39.3 Å². The second-order valence-corrected chi connectivity index (χ2v) is 17.8. The van der Waals surface area contributed by atoms with Gasteiger partial charge in [0.15, 0.2) is 6.10 Å². The molecule has 4 aromatic carbocycles. The normalized spacial score (nSPS) is 17.0. The Hall–Kier alpha value is -7.11. The molecule has 2 N–H and O–H groups in total. The molecule has 2 aromatic heterocycles. The first-order valence-corrected chi connectivity index (χ1v) is 22.9. The molecular weight excluding hydrogens is 897 g/mol. The van der Waals surface area contributed by atoms with Crippen LogP contribution in [-0.4, -0.2) is 121 Å². The van der Waals surface area contributed by atoms with E-state index in [1.807, 2.05) is 43.7 Å². The SMILES string of the molecule is Cc1nn(C)c(C)c1-c1c(Cl)ccc2c(CCCOc3cccc4cc(F)ccc34)c(C(=O)O)n(CCN3CCN(C(=O)C(C)Oc4cccc5c4C(=O)N([C@@H]4CCC(=O)NC4=O)C5=O)CC3)c12. The van der Waals surface area contributed by atoms with Crippen molar-refractivity contribution >= 4 is 68.8 Å². The molecule has 0 radical (unpaired) electrons. The number of fused-ring (bicyclic) bond motifs is 3. The number of aromatic carboxylic acids is 1. The Bertz CT molecular complexity index is 3080. The van der Waals surface area contributed by atoms with Gasteiger partial charge in [-0.3, -0.25) is 43.8 Å². The number of carboxylic acids is 1. The number of nitrogens with one attached hydrogen (secondary N) is 1. The number of carboxylic acid groups (broad SMARTS) is 1. The molecule has 0 saturated carbocycles. The van der Waals surface area contributed by atoms with Crippen molar-refractivity contribution in [2.24, 2.45) is 7.05 Å². The Morgan fingerprint density at radius 3 is 2.37 bits per heavy atom. The summed E-state index contributed by atoms with van der Waals surface area (Å²) in [5.74, 6) is -3.72. The van der Waals surface area contributed by atoms with Gasteiger partial charge in [-0.15, -0.1) is 0 Å². The molecule has 16 nitrogen and oxygen atoms in total. The van der Waals surface area contributed by atoms with Crippen LogP contribution in [0.15, 0.2) is 66.7 Å². The van der Waals surface area contributed by atoms with Gasteiger partial charge in [-0.1, -0.05) is 35.9 Å². The number of ether oxygens (including phenoxy) is 2. The second-order valence-electron chi connectivity index (χ2n) is 17.4. The van der Waals surface area contributed by atoms with Crippen LogP contribution >= 0.6 is 11.6 Å². The average Bonchev–Trinajstić information content (AvgIpc) is 3.87. The molecule has 9 rings (SSSR count). The number of benzene rings is 4. The van der Waals surface area contributed by atoms with Crippen molar-refractivity contribution in [3.63, 3.8) is 0 Å². The molecule has 0 bridgehead atoms. The summed E-state index contributed by atoms with van der Waals surface area (Å²) in [6, 6.07) is 17.0. The number of amides is 5. The molecule has 2 fully saturated rings. The molecule has 1 unspecified atom stereocenters. The Balaban J connectivity index is 0.912. The summed E-state index contributed by atoms with van der Waals surface area (Å²) in [7, 11) is 1.85. The molecular formula is C50H49ClFN7O9. The fraction of sp³-hybridized carbons (Fsp3) is 0.340. The van der Waals surface area contributed by atoms with Crippen molar-refractivity contribution < 1.29 is 47.7 Å². The van der Waals surface area contributed by atoms with E-state index in [1.165, 1.54) is 24.3 Å². The van der Waals surface area contributed by atoms with E-state index in [9.17, 15) is 38.3 Å². The summed E-state index contributed by atoms with van der Waals surface area (Å²) in [6.07, 6.45) is -0.176. The van der Waals surface area contributed by atoms with Crippen molar-refractivity contribution in [1.82, 2.24) is 34.4 Å². The number of aromatic nitrogens is 3.